The van der Waals surface area contributed by atoms with E-state index in [4.69, 9.17) is 11.6 Å². The van der Waals surface area contributed by atoms with Gasteiger partial charge in [0.15, 0.2) is 0 Å². The first-order valence-electron chi connectivity index (χ1n) is 3.27. The standard InChI is InChI=1S/C7H2BrClF2INO/c8-2-1-13-5(7(10)11)4(12)3(2)6(9)14/h1,7H. The van der Waals surface area contributed by atoms with Crippen molar-refractivity contribution in [2.75, 3.05) is 0 Å². The Morgan fingerprint density at radius 2 is 2.21 bits per heavy atom. The van der Waals surface area contributed by atoms with Crippen LogP contribution in [0.3, 0.4) is 0 Å². The third-order valence-corrected chi connectivity index (χ3v) is 3.29. The Morgan fingerprint density at radius 3 is 2.64 bits per heavy atom. The van der Waals surface area contributed by atoms with Crippen LogP contribution >= 0.6 is 50.1 Å². The fraction of sp³-hybridized carbons (Fsp3) is 0.143. The van der Waals surface area contributed by atoms with Crippen LogP contribution in [-0.4, -0.2) is 10.2 Å². The van der Waals surface area contributed by atoms with Gasteiger partial charge in [-0.25, -0.2) is 8.78 Å². The van der Waals surface area contributed by atoms with Gasteiger partial charge in [0.1, 0.15) is 5.69 Å². The van der Waals surface area contributed by atoms with Crippen molar-refractivity contribution < 1.29 is 13.6 Å². The first-order chi connectivity index (χ1) is 6.45. The van der Waals surface area contributed by atoms with Crippen LogP contribution in [0, 0.1) is 3.57 Å². The molecule has 0 atom stereocenters. The number of halogens is 5. The van der Waals surface area contributed by atoms with E-state index < -0.39 is 17.4 Å². The lowest BCUT2D eigenvalue weighted by atomic mass is 10.2. The summed E-state index contributed by atoms with van der Waals surface area (Å²) in [5.41, 5.74) is -0.407. The quantitative estimate of drug-likeness (QED) is 0.563. The summed E-state index contributed by atoms with van der Waals surface area (Å²) in [4.78, 5) is 14.4. The zero-order chi connectivity index (χ0) is 10.9. The summed E-state index contributed by atoms with van der Waals surface area (Å²) >= 11 is 9.88. The van der Waals surface area contributed by atoms with Crippen LogP contribution in [0.5, 0.6) is 0 Å². The van der Waals surface area contributed by atoms with Crippen LogP contribution < -0.4 is 0 Å². The van der Waals surface area contributed by atoms with Gasteiger partial charge in [-0.15, -0.1) is 0 Å². The van der Waals surface area contributed by atoms with Crippen molar-refractivity contribution in [2.24, 2.45) is 0 Å². The monoisotopic (exact) mass is 395 g/mol. The fourth-order valence-electron chi connectivity index (χ4n) is 0.813. The van der Waals surface area contributed by atoms with Gasteiger partial charge in [-0.2, -0.15) is 0 Å². The highest BCUT2D eigenvalue weighted by Gasteiger charge is 2.21. The van der Waals surface area contributed by atoms with Crippen molar-refractivity contribution in [3.05, 3.63) is 25.5 Å². The van der Waals surface area contributed by atoms with Gasteiger partial charge in [-0.05, 0) is 50.1 Å². The first-order valence-corrected chi connectivity index (χ1v) is 5.52. The maximum Gasteiger partial charge on any atom is 0.281 e. The second-order valence-electron chi connectivity index (χ2n) is 2.25. The molecule has 0 aromatic carbocycles. The van der Waals surface area contributed by atoms with Crippen LogP contribution in [0.15, 0.2) is 10.7 Å². The minimum absolute atomic E-state index is 0.0255. The molecule has 0 aliphatic rings. The maximum atomic E-state index is 12.4. The van der Waals surface area contributed by atoms with Crippen LogP contribution in [0.2, 0.25) is 0 Å². The van der Waals surface area contributed by atoms with Crippen molar-refractivity contribution in [2.45, 2.75) is 6.43 Å². The second-order valence-corrected chi connectivity index (χ2v) is 4.53. The summed E-state index contributed by atoms with van der Waals surface area (Å²) in [6.45, 7) is 0. The summed E-state index contributed by atoms with van der Waals surface area (Å²) in [6.07, 6.45) is -1.58. The minimum Gasteiger partial charge on any atom is -0.276 e. The molecule has 1 heterocycles. The van der Waals surface area contributed by atoms with Crippen LogP contribution in [0.4, 0.5) is 8.78 Å². The summed E-state index contributed by atoms with van der Waals surface area (Å²) in [5, 5.41) is -0.787. The zero-order valence-corrected chi connectivity index (χ0v) is 10.9. The van der Waals surface area contributed by atoms with Crippen molar-refractivity contribution in [1.82, 2.24) is 4.98 Å². The molecule has 0 spiro atoms. The number of carbonyl (C=O) groups is 1. The van der Waals surface area contributed by atoms with Crippen LogP contribution in [-0.2, 0) is 0 Å². The van der Waals surface area contributed by atoms with E-state index in [1.54, 1.807) is 22.6 Å². The molecule has 2 nitrogen and oxygen atoms in total. The molecule has 1 aromatic rings. The molecule has 0 saturated carbocycles. The number of rotatable bonds is 2. The summed E-state index contributed by atoms with van der Waals surface area (Å²) in [6, 6.07) is 0. The first kappa shape index (κ1) is 12.3. The summed E-state index contributed by atoms with van der Waals surface area (Å²) in [7, 11) is 0. The van der Waals surface area contributed by atoms with Crippen molar-refractivity contribution >= 4 is 55.4 Å². The maximum absolute atomic E-state index is 12.4. The van der Waals surface area contributed by atoms with Gasteiger partial charge < -0.3 is 0 Å². The topological polar surface area (TPSA) is 30.0 Å². The normalized spacial score (nSPS) is 10.7. The van der Waals surface area contributed by atoms with Gasteiger partial charge in [-0.3, -0.25) is 9.78 Å². The molecule has 7 heteroatoms. The molecule has 0 aliphatic carbocycles. The number of alkyl halides is 2. The molecule has 1 rings (SSSR count). The second kappa shape index (κ2) is 4.80. The van der Waals surface area contributed by atoms with Crippen LogP contribution in [0.1, 0.15) is 22.5 Å². The Hall–Kier alpha value is 0.180. The smallest absolute Gasteiger partial charge is 0.276 e. The zero-order valence-electron chi connectivity index (χ0n) is 6.40. The number of nitrogens with zero attached hydrogens (tertiary/aromatic N) is 1. The number of hydrogen-bond donors (Lipinski definition) is 0. The molecular weight excluding hydrogens is 394 g/mol. The van der Waals surface area contributed by atoms with Gasteiger partial charge in [0.05, 0.1) is 9.13 Å². The molecule has 0 fully saturated rings. The Labute approximate surface area is 105 Å². The predicted molar refractivity (Wildman–Crippen MR) is 59.8 cm³/mol. The van der Waals surface area contributed by atoms with Gasteiger partial charge >= 0.3 is 0 Å². The van der Waals surface area contributed by atoms with Gasteiger partial charge in [-0.1, -0.05) is 0 Å². The Bertz CT molecular complexity index is 388. The van der Waals surface area contributed by atoms with E-state index in [-0.39, 0.29) is 9.13 Å². The average Bonchev–Trinajstić information content (AvgIpc) is 2.02. The van der Waals surface area contributed by atoms with Gasteiger partial charge in [0, 0.05) is 10.7 Å². The minimum atomic E-state index is -2.72. The third kappa shape index (κ3) is 2.40. The molecule has 0 N–H and O–H groups in total. The van der Waals surface area contributed by atoms with Gasteiger partial charge in [0.25, 0.3) is 11.7 Å². The fourth-order valence-corrected chi connectivity index (χ4v) is 3.04. The van der Waals surface area contributed by atoms with Gasteiger partial charge in [0.2, 0.25) is 0 Å². The third-order valence-electron chi connectivity index (χ3n) is 1.40. The molecule has 76 valence electrons. The average molecular weight is 396 g/mol. The number of hydrogen-bond acceptors (Lipinski definition) is 2. The lowest BCUT2D eigenvalue weighted by Crippen LogP contribution is -2.03. The Morgan fingerprint density at radius 1 is 1.64 bits per heavy atom. The lowest BCUT2D eigenvalue weighted by Gasteiger charge is -2.06. The van der Waals surface area contributed by atoms with E-state index in [9.17, 15) is 13.6 Å². The van der Waals surface area contributed by atoms with Crippen molar-refractivity contribution in [1.29, 1.82) is 0 Å². The van der Waals surface area contributed by atoms with E-state index in [1.165, 1.54) is 0 Å². The lowest BCUT2D eigenvalue weighted by molar-refractivity contribution is 0.107. The van der Waals surface area contributed by atoms with E-state index in [2.05, 4.69) is 20.9 Å². The van der Waals surface area contributed by atoms with Crippen LogP contribution in [0.25, 0.3) is 0 Å². The van der Waals surface area contributed by atoms with E-state index in [0.29, 0.717) is 4.47 Å². The summed E-state index contributed by atoms with van der Waals surface area (Å²) < 4.78 is 25.1. The Balaban J connectivity index is 3.41. The largest absolute Gasteiger partial charge is 0.281 e. The Kier molecular flexibility index (Phi) is 4.20. The predicted octanol–water partition coefficient (Wildman–Crippen LogP) is 3.77. The van der Waals surface area contributed by atoms with E-state index in [1.807, 2.05) is 0 Å². The molecular formula is C7H2BrClF2INO. The molecule has 14 heavy (non-hydrogen) atoms. The molecule has 1 aromatic heterocycles. The van der Waals surface area contributed by atoms with Crippen molar-refractivity contribution in [3.8, 4) is 0 Å². The highest BCUT2D eigenvalue weighted by Crippen LogP contribution is 2.30. The molecule has 0 amide bonds. The molecule has 0 radical (unpaired) electrons. The van der Waals surface area contributed by atoms with E-state index >= 15 is 0 Å². The molecule has 0 saturated heterocycles. The highest BCUT2D eigenvalue weighted by atomic mass is 127. The SMILES string of the molecule is O=C(Cl)c1c(Br)cnc(C(F)F)c1I. The number of aromatic nitrogens is 1. The number of carbonyl (C=O) groups excluding carboxylic acids is 1. The highest BCUT2D eigenvalue weighted by molar-refractivity contribution is 14.1. The molecule has 0 aliphatic heterocycles. The van der Waals surface area contributed by atoms with Crippen molar-refractivity contribution in [3.63, 3.8) is 0 Å². The summed E-state index contributed by atoms with van der Waals surface area (Å²) in [5.74, 6) is 0. The molecule has 0 bridgehead atoms. The molecule has 0 unspecified atom stereocenters. The van der Waals surface area contributed by atoms with E-state index in [0.717, 1.165) is 6.20 Å². The number of pyridine rings is 1.